The molecule has 5 heteroatoms. The molecule has 0 heterocycles. The summed E-state index contributed by atoms with van der Waals surface area (Å²) in [5, 5.41) is 23.4. The SMILES string of the molecule is CCCCCCCC(=O)CC[C@@H]1C(CC=CCCCC(=O)NCC)[C@@H](O)C[C@H]1O. The molecule has 1 aliphatic carbocycles. The van der Waals surface area contributed by atoms with Crippen LogP contribution in [0.4, 0.5) is 0 Å². The molecule has 1 fully saturated rings. The van der Waals surface area contributed by atoms with Crippen LogP contribution in [-0.4, -0.2) is 40.7 Å². The van der Waals surface area contributed by atoms with Gasteiger partial charge in [0, 0.05) is 25.8 Å². The fourth-order valence-electron chi connectivity index (χ4n) is 4.32. The van der Waals surface area contributed by atoms with Gasteiger partial charge in [0.05, 0.1) is 12.2 Å². The highest BCUT2D eigenvalue weighted by atomic mass is 16.3. The number of rotatable bonds is 16. The van der Waals surface area contributed by atoms with E-state index in [2.05, 4.69) is 24.4 Å². The molecule has 0 radical (unpaired) electrons. The van der Waals surface area contributed by atoms with Gasteiger partial charge in [-0.05, 0) is 57.3 Å². The third-order valence-corrected chi connectivity index (χ3v) is 6.06. The molecule has 168 valence electrons. The molecule has 0 saturated heterocycles. The fourth-order valence-corrected chi connectivity index (χ4v) is 4.32. The minimum atomic E-state index is -0.515. The van der Waals surface area contributed by atoms with Crippen molar-refractivity contribution in [2.45, 2.75) is 110 Å². The quantitative estimate of drug-likeness (QED) is 0.262. The lowest BCUT2D eigenvalue weighted by Gasteiger charge is -2.22. The molecular weight excluding hydrogens is 366 g/mol. The zero-order valence-corrected chi connectivity index (χ0v) is 18.6. The zero-order valence-electron chi connectivity index (χ0n) is 18.6. The van der Waals surface area contributed by atoms with Crippen molar-refractivity contribution in [3.8, 4) is 0 Å². The number of aliphatic hydroxyl groups excluding tert-OH is 2. The Bertz CT molecular complexity index is 491. The average molecular weight is 410 g/mol. The third-order valence-electron chi connectivity index (χ3n) is 6.06. The molecule has 3 N–H and O–H groups in total. The number of carbonyl (C=O) groups excluding carboxylic acids is 2. The first-order valence-corrected chi connectivity index (χ1v) is 11.8. The Morgan fingerprint density at radius 1 is 0.897 bits per heavy atom. The van der Waals surface area contributed by atoms with Crippen LogP contribution in [-0.2, 0) is 9.59 Å². The van der Waals surface area contributed by atoms with Crippen molar-refractivity contribution in [1.29, 1.82) is 0 Å². The molecule has 29 heavy (non-hydrogen) atoms. The highest BCUT2D eigenvalue weighted by Crippen LogP contribution is 2.38. The van der Waals surface area contributed by atoms with Crippen molar-refractivity contribution in [3.63, 3.8) is 0 Å². The second-order valence-corrected chi connectivity index (χ2v) is 8.49. The smallest absolute Gasteiger partial charge is 0.219 e. The van der Waals surface area contributed by atoms with Crippen molar-refractivity contribution in [1.82, 2.24) is 5.32 Å². The van der Waals surface area contributed by atoms with Gasteiger partial charge < -0.3 is 15.5 Å². The Balaban J connectivity index is 2.30. The molecule has 1 unspecified atom stereocenters. The lowest BCUT2D eigenvalue weighted by atomic mass is 9.86. The second kappa shape index (κ2) is 15.6. The topological polar surface area (TPSA) is 86.6 Å². The highest BCUT2D eigenvalue weighted by molar-refractivity contribution is 5.78. The van der Waals surface area contributed by atoms with E-state index in [0.717, 1.165) is 32.1 Å². The number of aliphatic hydroxyl groups is 2. The summed E-state index contributed by atoms with van der Waals surface area (Å²) in [6.45, 7) is 4.76. The van der Waals surface area contributed by atoms with Gasteiger partial charge in [0.1, 0.15) is 5.78 Å². The van der Waals surface area contributed by atoms with Gasteiger partial charge in [-0.15, -0.1) is 0 Å². The molecule has 1 aliphatic rings. The summed E-state index contributed by atoms with van der Waals surface area (Å²) in [6.07, 6.45) is 14.0. The number of amides is 1. The van der Waals surface area contributed by atoms with Crippen LogP contribution in [0.2, 0.25) is 0 Å². The van der Waals surface area contributed by atoms with E-state index >= 15 is 0 Å². The van der Waals surface area contributed by atoms with Crippen molar-refractivity contribution < 1.29 is 19.8 Å². The van der Waals surface area contributed by atoms with E-state index in [9.17, 15) is 19.8 Å². The van der Waals surface area contributed by atoms with Crippen LogP contribution in [0.5, 0.6) is 0 Å². The Labute approximate surface area is 177 Å². The van der Waals surface area contributed by atoms with Gasteiger partial charge in [0.2, 0.25) is 5.91 Å². The van der Waals surface area contributed by atoms with E-state index in [1.165, 1.54) is 19.3 Å². The molecule has 1 rings (SSSR count). The van der Waals surface area contributed by atoms with Crippen LogP contribution in [0.3, 0.4) is 0 Å². The number of unbranched alkanes of at least 4 members (excludes halogenated alkanes) is 5. The van der Waals surface area contributed by atoms with Crippen molar-refractivity contribution in [2.24, 2.45) is 11.8 Å². The monoisotopic (exact) mass is 409 g/mol. The molecule has 4 atom stereocenters. The van der Waals surface area contributed by atoms with Crippen molar-refractivity contribution in [2.75, 3.05) is 6.54 Å². The summed E-state index contributed by atoms with van der Waals surface area (Å²) in [5.74, 6) is 0.385. The van der Waals surface area contributed by atoms with Gasteiger partial charge in [0.25, 0.3) is 0 Å². The summed E-state index contributed by atoms with van der Waals surface area (Å²) in [7, 11) is 0. The van der Waals surface area contributed by atoms with Crippen molar-refractivity contribution in [3.05, 3.63) is 12.2 Å². The maximum Gasteiger partial charge on any atom is 0.219 e. The largest absolute Gasteiger partial charge is 0.393 e. The number of carbonyl (C=O) groups is 2. The minimum Gasteiger partial charge on any atom is -0.393 e. The first kappa shape index (κ1) is 25.8. The second-order valence-electron chi connectivity index (χ2n) is 8.49. The fraction of sp³-hybridized carbons (Fsp3) is 0.833. The van der Waals surface area contributed by atoms with E-state index in [4.69, 9.17) is 0 Å². The van der Waals surface area contributed by atoms with E-state index in [1.54, 1.807) is 0 Å². The van der Waals surface area contributed by atoms with Crippen LogP contribution >= 0.6 is 0 Å². The lowest BCUT2D eigenvalue weighted by molar-refractivity contribution is -0.121. The average Bonchev–Trinajstić information content (AvgIpc) is 2.95. The van der Waals surface area contributed by atoms with E-state index in [0.29, 0.717) is 38.6 Å². The molecule has 0 spiro atoms. The predicted octanol–water partition coefficient (Wildman–Crippen LogP) is 4.31. The van der Waals surface area contributed by atoms with Gasteiger partial charge in [0.15, 0.2) is 0 Å². The molecule has 0 aromatic rings. The molecule has 0 aromatic heterocycles. The van der Waals surface area contributed by atoms with Crippen LogP contribution in [0.1, 0.15) is 97.3 Å². The maximum atomic E-state index is 12.2. The van der Waals surface area contributed by atoms with Gasteiger partial charge >= 0.3 is 0 Å². The van der Waals surface area contributed by atoms with Gasteiger partial charge in [-0.1, -0.05) is 44.8 Å². The molecular formula is C24H43NO4. The Morgan fingerprint density at radius 2 is 1.62 bits per heavy atom. The Morgan fingerprint density at radius 3 is 2.34 bits per heavy atom. The minimum absolute atomic E-state index is 0.00553. The first-order valence-electron chi connectivity index (χ1n) is 11.8. The van der Waals surface area contributed by atoms with E-state index in [-0.39, 0.29) is 23.5 Å². The number of nitrogens with one attached hydrogen (secondary N) is 1. The molecule has 1 amide bonds. The molecule has 0 bridgehead atoms. The molecule has 1 saturated carbocycles. The van der Waals surface area contributed by atoms with Crippen molar-refractivity contribution >= 4 is 11.7 Å². The van der Waals surface area contributed by atoms with Crippen LogP contribution < -0.4 is 5.32 Å². The van der Waals surface area contributed by atoms with E-state index in [1.807, 2.05) is 6.92 Å². The summed E-state index contributed by atoms with van der Waals surface area (Å²) < 4.78 is 0. The van der Waals surface area contributed by atoms with Gasteiger partial charge in [-0.3, -0.25) is 9.59 Å². The molecule has 0 aromatic carbocycles. The Kier molecular flexibility index (Phi) is 13.9. The number of Topliss-reactive ketones (excluding diaryl/α,β-unsaturated/α-hetero) is 1. The van der Waals surface area contributed by atoms with Crippen LogP contribution in [0.25, 0.3) is 0 Å². The van der Waals surface area contributed by atoms with Gasteiger partial charge in [-0.25, -0.2) is 0 Å². The third kappa shape index (κ3) is 10.9. The highest BCUT2D eigenvalue weighted by Gasteiger charge is 2.40. The van der Waals surface area contributed by atoms with E-state index < -0.39 is 12.2 Å². The summed E-state index contributed by atoms with van der Waals surface area (Å²) >= 11 is 0. The van der Waals surface area contributed by atoms with Crippen LogP contribution in [0.15, 0.2) is 12.2 Å². The summed E-state index contributed by atoms with van der Waals surface area (Å²) in [4.78, 5) is 23.6. The van der Waals surface area contributed by atoms with Gasteiger partial charge in [-0.2, -0.15) is 0 Å². The Hall–Kier alpha value is -1.20. The normalized spacial score (nSPS) is 24.3. The maximum absolute atomic E-state index is 12.2. The number of hydrogen-bond acceptors (Lipinski definition) is 4. The summed E-state index contributed by atoms with van der Waals surface area (Å²) in [6, 6.07) is 0. The van der Waals surface area contributed by atoms with Crippen LogP contribution in [0, 0.1) is 11.8 Å². The standard InChI is InChI=1S/C24H43NO4/c1-3-5-6-7-10-13-19(26)16-17-21-20(22(27)18-23(21)28)14-11-8-9-12-15-24(29)25-4-2/h8,11,20-23,27-28H,3-7,9-10,12-18H2,1-2H3,(H,25,29)/t20?,21-,22+,23-/m1/s1. The predicted molar refractivity (Wildman–Crippen MR) is 118 cm³/mol. The number of ketones is 1. The number of hydrogen-bond donors (Lipinski definition) is 3. The summed E-state index contributed by atoms with van der Waals surface area (Å²) in [5.41, 5.74) is 0. The zero-order chi connectivity index (χ0) is 21.5. The molecule has 5 nitrogen and oxygen atoms in total. The number of allylic oxidation sites excluding steroid dienone is 2. The first-order chi connectivity index (χ1) is 14.0. The lowest BCUT2D eigenvalue weighted by Crippen LogP contribution is -2.22. The molecule has 0 aliphatic heterocycles.